The number of hydrogen-bond acceptors (Lipinski definition) is 2. The fourth-order valence-electron chi connectivity index (χ4n) is 0.865. The Morgan fingerprint density at radius 1 is 1.31 bits per heavy atom. The maximum absolute atomic E-state index is 12.0. The van der Waals surface area contributed by atoms with Crippen LogP contribution in [0.2, 0.25) is 0 Å². The number of halogens is 3. The number of carbonyl (C=O) groups is 1. The predicted octanol–water partition coefficient (Wildman–Crippen LogP) is 1.27. The van der Waals surface area contributed by atoms with Gasteiger partial charge < -0.3 is 10.2 Å². The zero-order valence-electron chi connectivity index (χ0n) is 7.17. The van der Waals surface area contributed by atoms with Gasteiger partial charge in [-0.3, -0.25) is 4.79 Å². The molecule has 0 amide bonds. The third kappa shape index (κ3) is 3.22. The van der Waals surface area contributed by atoms with Crippen LogP contribution in [0.4, 0.5) is 13.2 Å². The monoisotopic (exact) mass is 200 g/mol. The van der Waals surface area contributed by atoms with E-state index in [1.165, 1.54) is 13.8 Å². The number of aliphatic carboxylic acids is 1. The average molecular weight is 200 g/mol. The Kier molecular flexibility index (Phi) is 3.71. The highest BCUT2D eigenvalue weighted by molar-refractivity contribution is 5.71. The predicted molar refractivity (Wildman–Crippen MR) is 38.0 cm³/mol. The fourth-order valence-corrected chi connectivity index (χ4v) is 0.865. The van der Waals surface area contributed by atoms with Crippen LogP contribution in [0.15, 0.2) is 0 Å². The van der Waals surface area contributed by atoms with Crippen LogP contribution in [0.1, 0.15) is 13.8 Å². The van der Waals surface area contributed by atoms with Gasteiger partial charge in [0.15, 0.2) is 5.92 Å². The quantitative estimate of drug-likeness (QED) is 0.721. The second kappa shape index (κ2) is 3.95. The van der Waals surface area contributed by atoms with E-state index in [4.69, 9.17) is 10.2 Å². The minimum absolute atomic E-state index is 0.747. The Balaban J connectivity index is 4.72. The van der Waals surface area contributed by atoms with Crippen molar-refractivity contribution in [3.8, 4) is 0 Å². The Morgan fingerprint density at radius 3 is 1.77 bits per heavy atom. The fraction of sp³-hybridized carbons (Fsp3) is 0.857. The van der Waals surface area contributed by atoms with E-state index in [1.54, 1.807) is 0 Å². The van der Waals surface area contributed by atoms with Crippen LogP contribution < -0.4 is 0 Å². The van der Waals surface area contributed by atoms with E-state index < -0.39 is 30.1 Å². The topological polar surface area (TPSA) is 57.5 Å². The van der Waals surface area contributed by atoms with Crippen molar-refractivity contribution >= 4 is 5.97 Å². The van der Waals surface area contributed by atoms with Crippen LogP contribution >= 0.6 is 0 Å². The number of rotatable bonds is 3. The molecule has 6 heteroatoms. The second-order valence-electron chi connectivity index (χ2n) is 3.09. The van der Waals surface area contributed by atoms with Gasteiger partial charge in [0.1, 0.15) is 0 Å². The molecule has 0 aromatic carbocycles. The largest absolute Gasteiger partial charge is 0.481 e. The van der Waals surface area contributed by atoms with E-state index in [1.807, 2.05) is 0 Å². The van der Waals surface area contributed by atoms with Gasteiger partial charge in [0.25, 0.3) is 0 Å². The lowest BCUT2D eigenvalue weighted by molar-refractivity contribution is -0.215. The minimum atomic E-state index is -4.91. The third-order valence-corrected chi connectivity index (χ3v) is 1.64. The first-order valence-corrected chi connectivity index (χ1v) is 3.65. The van der Waals surface area contributed by atoms with E-state index in [0.29, 0.717) is 0 Å². The molecule has 0 bridgehead atoms. The summed E-state index contributed by atoms with van der Waals surface area (Å²) >= 11 is 0. The molecule has 2 unspecified atom stereocenters. The van der Waals surface area contributed by atoms with Gasteiger partial charge >= 0.3 is 12.1 Å². The van der Waals surface area contributed by atoms with Crippen molar-refractivity contribution in [2.24, 2.45) is 11.8 Å². The number of carboxylic acid groups (broad SMARTS) is 1. The van der Waals surface area contributed by atoms with Gasteiger partial charge in [0.05, 0.1) is 6.10 Å². The first-order valence-electron chi connectivity index (χ1n) is 3.65. The summed E-state index contributed by atoms with van der Waals surface area (Å²) < 4.78 is 36.1. The minimum Gasteiger partial charge on any atom is -0.481 e. The number of alkyl halides is 3. The molecule has 0 aliphatic carbocycles. The molecule has 0 fully saturated rings. The number of carboxylic acids is 1. The molecule has 0 aliphatic rings. The van der Waals surface area contributed by atoms with Crippen molar-refractivity contribution in [1.82, 2.24) is 0 Å². The summed E-state index contributed by atoms with van der Waals surface area (Å²) in [5.41, 5.74) is 0. The molecule has 0 radical (unpaired) electrons. The van der Waals surface area contributed by atoms with Crippen LogP contribution in [-0.2, 0) is 4.79 Å². The van der Waals surface area contributed by atoms with Gasteiger partial charge in [-0.1, -0.05) is 13.8 Å². The summed E-state index contributed by atoms with van der Waals surface area (Å²) in [4.78, 5) is 10.2. The van der Waals surface area contributed by atoms with Gasteiger partial charge in [-0.05, 0) is 5.92 Å². The average Bonchev–Trinajstić information content (AvgIpc) is 1.82. The van der Waals surface area contributed by atoms with Crippen LogP contribution in [0, 0.1) is 11.8 Å². The second-order valence-corrected chi connectivity index (χ2v) is 3.09. The summed E-state index contributed by atoms with van der Waals surface area (Å²) in [6, 6.07) is 0. The van der Waals surface area contributed by atoms with E-state index in [2.05, 4.69) is 0 Å². The van der Waals surface area contributed by atoms with Crippen LogP contribution in [-0.4, -0.2) is 28.5 Å². The molecule has 3 nitrogen and oxygen atoms in total. The molecule has 0 aliphatic heterocycles. The Morgan fingerprint density at radius 2 is 1.69 bits per heavy atom. The molecule has 0 heterocycles. The Hall–Kier alpha value is -0.780. The highest BCUT2D eigenvalue weighted by atomic mass is 19.4. The SMILES string of the molecule is CC(C)C(O)C(C(=O)O)C(F)(F)F. The lowest BCUT2D eigenvalue weighted by atomic mass is 9.93. The first-order chi connectivity index (χ1) is 5.68. The molecular formula is C7H11F3O3. The smallest absolute Gasteiger partial charge is 0.404 e. The number of aliphatic hydroxyl groups is 1. The van der Waals surface area contributed by atoms with Gasteiger partial charge in [0.2, 0.25) is 0 Å². The first kappa shape index (κ1) is 12.2. The molecule has 0 rings (SSSR count). The molecule has 0 aromatic rings. The van der Waals surface area contributed by atoms with Gasteiger partial charge in [0, 0.05) is 0 Å². The molecular weight excluding hydrogens is 189 g/mol. The van der Waals surface area contributed by atoms with Crippen molar-refractivity contribution in [1.29, 1.82) is 0 Å². The van der Waals surface area contributed by atoms with E-state index in [9.17, 15) is 18.0 Å². The lowest BCUT2D eigenvalue weighted by Gasteiger charge is -2.24. The van der Waals surface area contributed by atoms with Gasteiger partial charge in [-0.25, -0.2) is 0 Å². The number of hydrogen-bond donors (Lipinski definition) is 2. The van der Waals surface area contributed by atoms with Gasteiger partial charge in [-0.2, -0.15) is 13.2 Å². The molecule has 0 saturated heterocycles. The Bertz CT molecular complexity index is 188. The highest BCUT2D eigenvalue weighted by Crippen LogP contribution is 2.31. The van der Waals surface area contributed by atoms with Gasteiger partial charge in [-0.15, -0.1) is 0 Å². The molecule has 2 atom stereocenters. The molecule has 13 heavy (non-hydrogen) atoms. The van der Waals surface area contributed by atoms with Crippen LogP contribution in [0.25, 0.3) is 0 Å². The summed E-state index contributed by atoms with van der Waals surface area (Å²) in [6.45, 7) is 2.65. The van der Waals surface area contributed by atoms with Crippen molar-refractivity contribution in [2.75, 3.05) is 0 Å². The zero-order chi connectivity index (χ0) is 10.8. The molecule has 78 valence electrons. The van der Waals surface area contributed by atoms with Crippen molar-refractivity contribution in [2.45, 2.75) is 26.1 Å². The summed E-state index contributed by atoms with van der Waals surface area (Å²) in [5, 5.41) is 17.2. The third-order valence-electron chi connectivity index (χ3n) is 1.64. The standard InChI is InChI=1S/C7H11F3O3/c1-3(2)5(11)4(6(12)13)7(8,9)10/h3-5,11H,1-2H3,(H,12,13). The highest BCUT2D eigenvalue weighted by Gasteiger charge is 2.50. The van der Waals surface area contributed by atoms with E-state index in [0.717, 1.165) is 0 Å². The summed E-state index contributed by atoms with van der Waals surface area (Å²) in [6.07, 6.45) is -6.81. The maximum Gasteiger partial charge on any atom is 0.404 e. The molecule has 2 N–H and O–H groups in total. The maximum atomic E-state index is 12.0. The van der Waals surface area contributed by atoms with E-state index in [-0.39, 0.29) is 0 Å². The Labute approximate surface area is 73.2 Å². The number of aliphatic hydroxyl groups excluding tert-OH is 1. The molecule has 0 spiro atoms. The van der Waals surface area contributed by atoms with Crippen molar-refractivity contribution < 1.29 is 28.2 Å². The summed E-state index contributed by atoms with van der Waals surface area (Å²) in [5.74, 6) is -5.50. The lowest BCUT2D eigenvalue weighted by Crippen LogP contribution is -2.42. The van der Waals surface area contributed by atoms with Crippen molar-refractivity contribution in [3.63, 3.8) is 0 Å². The summed E-state index contributed by atoms with van der Waals surface area (Å²) in [7, 11) is 0. The van der Waals surface area contributed by atoms with Crippen LogP contribution in [0.5, 0.6) is 0 Å². The van der Waals surface area contributed by atoms with E-state index >= 15 is 0 Å². The zero-order valence-corrected chi connectivity index (χ0v) is 7.17. The molecule has 0 saturated carbocycles. The van der Waals surface area contributed by atoms with Crippen molar-refractivity contribution in [3.05, 3.63) is 0 Å². The molecule has 0 aromatic heterocycles. The van der Waals surface area contributed by atoms with Crippen LogP contribution in [0.3, 0.4) is 0 Å². The normalized spacial score (nSPS) is 17.2.